The third-order valence-electron chi connectivity index (χ3n) is 2.97. The lowest BCUT2D eigenvalue weighted by molar-refractivity contribution is 1.18. The maximum atomic E-state index is 6.03. The van der Waals surface area contributed by atoms with Gasteiger partial charge < -0.3 is 4.90 Å². The monoisotopic (exact) mass is 323 g/mol. The predicted molar refractivity (Wildman–Crippen MR) is 83.3 cm³/mol. The van der Waals surface area contributed by atoms with Crippen LogP contribution in [-0.2, 0) is 5.33 Å². The summed E-state index contributed by atoms with van der Waals surface area (Å²) in [6, 6.07) is 14.5. The van der Waals surface area contributed by atoms with Crippen LogP contribution in [0.2, 0.25) is 5.02 Å². The summed E-state index contributed by atoms with van der Waals surface area (Å²) in [7, 11) is 2.07. The molecule has 2 aromatic rings. The van der Waals surface area contributed by atoms with Crippen molar-refractivity contribution >= 4 is 38.9 Å². The zero-order valence-electron chi connectivity index (χ0n) is 10.5. The second-order valence-electron chi connectivity index (χ2n) is 4.30. The smallest absolute Gasteiger partial charge is 0.0450 e. The van der Waals surface area contributed by atoms with Crippen molar-refractivity contribution in [2.75, 3.05) is 11.9 Å². The first-order valence-corrected chi connectivity index (χ1v) is 7.26. The fraction of sp³-hybridized carbons (Fsp3) is 0.200. The normalized spacial score (nSPS) is 10.4. The number of aryl methyl sites for hydroxylation is 1. The van der Waals surface area contributed by atoms with Crippen LogP contribution in [0.1, 0.15) is 11.1 Å². The molecule has 0 atom stereocenters. The van der Waals surface area contributed by atoms with Crippen LogP contribution >= 0.6 is 27.5 Å². The Morgan fingerprint density at radius 2 is 1.78 bits per heavy atom. The van der Waals surface area contributed by atoms with Crippen molar-refractivity contribution in [3.8, 4) is 0 Å². The summed E-state index contributed by atoms with van der Waals surface area (Å²) in [5.41, 5.74) is 4.79. The first-order valence-electron chi connectivity index (χ1n) is 5.76. The Hall–Kier alpha value is -0.990. The molecule has 0 aliphatic heterocycles. The molecule has 0 saturated heterocycles. The molecule has 0 aromatic heterocycles. The Labute approximate surface area is 122 Å². The lowest BCUT2D eigenvalue weighted by Crippen LogP contribution is -2.11. The minimum atomic E-state index is 0.769. The van der Waals surface area contributed by atoms with Crippen molar-refractivity contribution in [3.63, 3.8) is 0 Å². The Kier molecular flexibility index (Phi) is 4.31. The maximum absolute atomic E-state index is 6.03. The van der Waals surface area contributed by atoms with Crippen molar-refractivity contribution < 1.29 is 0 Å². The predicted octanol–water partition coefficient (Wildman–Crippen LogP) is 5.31. The van der Waals surface area contributed by atoms with E-state index in [0.29, 0.717) is 0 Å². The van der Waals surface area contributed by atoms with E-state index in [1.165, 1.54) is 22.5 Å². The van der Waals surface area contributed by atoms with E-state index >= 15 is 0 Å². The Morgan fingerprint density at radius 3 is 2.39 bits per heavy atom. The van der Waals surface area contributed by atoms with Gasteiger partial charge in [0.1, 0.15) is 0 Å². The Bertz CT molecular complexity index is 537. The van der Waals surface area contributed by atoms with Gasteiger partial charge in [0.15, 0.2) is 0 Å². The molecule has 1 nitrogen and oxygen atoms in total. The van der Waals surface area contributed by atoms with Gasteiger partial charge in [-0.15, -0.1) is 0 Å². The molecule has 2 aromatic carbocycles. The summed E-state index contributed by atoms with van der Waals surface area (Å²) >= 11 is 9.54. The summed E-state index contributed by atoms with van der Waals surface area (Å²) in [5.74, 6) is 0. The highest BCUT2D eigenvalue weighted by Crippen LogP contribution is 2.30. The topological polar surface area (TPSA) is 3.24 Å². The third-order valence-corrected chi connectivity index (χ3v) is 3.81. The Balaban J connectivity index is 2.39. The van der Waals surface area contributed by atoms with Crippen LogP contribution in [0.15, 0.2) is 42.5 Å². The van der Waals surface area contributed by atoms with Gasteiger partial charge >= 0.3 is 0 Å². The van der Waals surface area contributed by atoms with Crippen molar-refractivity contribution in [2.24, 2.45) is 0 Å². The molecular weight excluding hydrogens is 310 g/mol. The summed E-state index contributed by atoms with van der Waals surface area (Å²) in [6.07, 6.45) is 0. The largest absolute Gasteiger partial charge is 0.344 e. The van der Waals surface area contributed by atoms with E-state index in [0.717, 1.165) is 10.4 Å². The molecule has 0 bridgehead atoms. The number of benzene rings is 2. The zero-order chi connectivity index (χ0) is 13.1. The quantitative estimate of drug-likeness (QED) is 0.691. The number of anilines is 2. The average Bonchev–Trinajstić information content (AvgIpc) is 2.38. The van der Waals surface area contributed by atoms with Gasteiger partial charge in [0, 0.05) is 28.8 Å². The van der Waals surface area contributed by atoms with Gasteiger partial charge in [-0.1, -0.05) is 45.2 Å². The molecule has 0 aliphatic carbocycles. The highest BCUT2D eigenvalue weighted by Gasteiger charge is 2.09. The second kappa shape index (κ2) is 5.77. The van der Waals surface area contributed by atoms with E-state index in [-0.39, 0.29) is 0 Å². The number of nitrogens with zero attached hydrogens (tertiary/aromatic N) is 1. The first-order chi connectivity index (χ1) is 8.61. The van der Waals surface area contributed by atoms with Gasteiger partial charge in [-0.05, 0) is 42.8 Å². The molecule has 0 spiro atoms. The number of hydrogen-bond donors (Lipinski definition) is 0. The van der Waals surface area contributed by atoms with Crippen LogP contribution in [0, 0.1) is 6.92 Å². The molecule has 2 rings (SSSR count). The van der Waals surface area contributed by atoms with Gasteiger partial charge in [-0.2, -0.15) is 0 Å². The first kappa shape index (κ1) is 13.4. The number of alkyl halides is 1. The average molecular weight is 325 g/mol. The molecule has 0 amide bonds. The molecule has 0 N–H and O–H groups in total. The fourth-order valence-electron chi connectivity index (χ4n) is 1.90. The minimum Gasteiger partial charge on any atom is -0.344 e. The number of halogens is 2. The maximum Gasteiger partial charge on any atom is 0.0450 e. The van der Waals surface area contributed by atoms with Crippen molar-refractivity contribution in [1.29, 1.82) is 0 Å². The third kappa shape index (κ3) is 2.88. The van der Waals surface area contributed by atoms with Crippen molar-refractivity contribution in [3.05, 3.63) is 58.6 Å². The van der Waals surface area contributed by atoms with E-state index in [1.807, 2.05) is 12.1 Å². The highest BCUT2D eigenvalue weighted by atomic mass is 79.9. The van der Waals surface area contributed by atoms with Crippen LogP contribution < -0.4 is 4.90 Å². The molecule has 0 saturated carbocycles. The number of hydrogen-bond acceptors (Lipinski definition) is 1. The molecule has 0 unspecified atom stereocenters. The van der Waals surface area contributed by atoms with Gasteiger partial charge in [0.05, 0.1) is 0 Å². The van der Waals surface area contributed by atoms with E-state index in [2.05, 4.69) is 65.1 Å². The van der Waals surface area contributed by atoms with E-state index in [1.54, 1.807) is 0 Å². The zero-order valence-corrected chi connectivity index (χ0v) is 12.8. The van der Waals surface area contributed by atoms with E-state index in [4.69, 9.17) is 11.6 Å². The fourth-order valence-corrected chi connectivity index (χ4v) is 2.54. The second-order valence-corrected chi connectivity index (χ2v) is 5.30. The summed E-state index contributed by atoms with van der Waals surface area (Å²) in [4.78, 5) is 2.17. The van der Waals surface area contributed by atoms with Crippen molar-refractivity contribution in [2.45, 2.75) is 12.3 Å². The molecule has 0 radical (unpaired) electrons. The molecule has 3 heteroatoms. The van der Waals surface area contributed by atoms with Gasteiger partial charge in [0.25, 0.3) is 0 Å². The Morgan fingerprint density at radius 1 is 1.11 bits per heavy atom. The lowest BCUT2D eigenvalue weighted by atomic mass is 10.1. The van der Waals surface area contributed by atoms with Crippen LogP contribution in [0.25, 0.3) is 0 Å². The van der Waals surface area contributed by atoms with Gasteiger partial charge in [-0.3, -0.25) is 0 Å². The lowest BCUT2D eigenvalue weighted by Gasteiger charge is -2.22. The van der Waals surface area contributed by atoms with E-state index < -0.39 is 0 Å². The van der Waals surface area contributed by atoms with Crippen molar-refractivity contribution in [1.82, 2.24) is 0 Å². The molecule has 0 fully saturated rings. The molecule has 18 heavy (non-hydrogen) atoms. The highest BCUT2D eigenvalue weighted by molar-refractivity contribution is 9.08. The van der Waals surface area contributed by atoms with Crippen LogP contribution in [0.5, 0.6) is 0 Å². The molecule has 0 aliphatic rings. The van der Waals surface area contributed by atoms with Crippen LogP contribution in [0.3, 0.4) is 0 Å². The van der Waals surface area contributed by atoms with Crippen LogP contribution in [-0.4, -0.2) is 7.05 Å². The molecule has 94 valence electrons. The SMILES string of the molecule is Cc1ccc(N(C)c2ccc(Cl)cc2CBr)cc1. The summed E-state index contributed by atoms with van der Waals surface area (Å²) in [6.45, 7) is 2.09. The number of rotatable bonds is 3. The van der Waals surface area contributed by atoms with Crippen LogP contribution in [0.4, 0.5) is 11.4 Å². The minimum absolute atomic E-state index is 0.769. The molecular formula is C15H15BrClN. The van der Waals surface area contributed by atoms with E-state index in [9.17, 15) is 0 Å². The molecule has 0 heterocycles. The van der Waals surface area contributed by atoms with Gasteiger partial charge in [-0.25, -0.2) is 0 Å². The standard InChI is InChI=1S/C15H15BrClN/c1-11-3-6-14(7-4-11)18(2)15-8-5-13(17)9-12(15)10-16/h3-9H,10H2,1-2H3. The summed E-state index contributed by atoms with van der Waals surface area (Å²) < 4.78 is 0. The summed E-state index contributed by atoms with van der Waals surface area (Å²) in [5, 5.41) is 1.56. The van der Waals surface area contributed by atoms with Gasteiger partial charge in [0.2, 0.25) is 0 Å².